The van der Waals surface area contributed by atoms with Crippen LogP contribution in [0.25, 0.3) is 44.2 Å². The van der Waals surface area contributed by atoms with E-state index < -0.39 is 0 Å². The van der Waals surface area contributed by atoms with Gasteiger partial charge in [-0.25, -0.2) is 4.98 Å². The van der Waals surface area contributed by atoms with Gasteiger partial charge in [-0.1, -0.05) is 99.1 Å². The molecule has 0 spiro atoms. The Bertz CT molecular complexity index is 1340. The van der Waals surface area contributed by atoms with Gasteiger partial charge in [0, 0.05) is 22.0 Å². The van der Waals surface area contributed by atoms with E-state index in [2.05, 4.69) is 98.8 Å². The largest absolute Gasteiger partial charge is 0.250 e. The first kappa shape index (κ1) is 19.4. The van der Waals surface area contributed by atoms with Gasteiger partial charge in [-0.2, -0.15) is 0 Å². The number of aromatic nitrogens is 2. The van der Waals surface area contributed by atoms with Crippen LogP contribution in [0.2, 0.25) is 0 Å². The number of rotatable bonds is 5. The van der Waals surface area contributed by atoms with Crippen molar-refractivity contribution in [1.29, 1.82) is 0 Å². The molecule has 0 fully saturated rings. The standard InChI is InChI=1S/C29H26N2/c1-3-7-20(2)26-18-16-24-14-15-25-17-19-27(31-29(25)28(24)30-26)23-12-10-22(11-13-23)21-8-5-4-6-9-21/h4-6,8-20H,3,7H2,1-2H3. The van der Waals surface area contributed by atoms with Crippen molar-refractivity contribution in [3.8, 4) is 22.4 Å². The summed E-state index contributed by atoms with van der Waals surface area (Å²) in [5, 5.41) is 2.27. The fourth-order valence-electron chi connectivity index (χ4n) is 4.26. The van der Waals surface area contributed by atoms with Crippen LogP contribution < -0.4 is 0 Å². The van der Waals surface area contributed by atoms with Crippen LogP contribution in [0.15, 0.2) is 91.0 Å². The van der Waals surface area contributed by atoms with Gasteiger partial charge >= 0.3 is 0 Å². The van der Waals surface area contributed by atoms with Gasteiger partial charge in [0.25, 0.3) is 0 Å². The van der Waals surface area contributed by atoms with E-state index in [9.17, 15) is 0 Å². The van der Waals surface area contributed by atoms with Gasteiger partial charge in [0.15, 0.2) is 0 Å². The normalized spacial score (nSPS) is 12.3. The molecule has 3 aromatic carbocycles. The molecule has 0 aliphatic carbocycles. The molecule has 5 aromatic rings. The molecule has 0 saturated carbocycles. The SMILES string of the molecule is CCCC(C)c1ccc2ccc3ccc(-c4ccc(-c5ccccc5)cc4)nc3c2n1. The van der Waals surface area contributed by atoms with E-state index in [0.717, 1.165) is 51.6 Å². The second kappa shape index (κ2) is 8.31. The number of fused-ring (bicyclic) bond motifs is 3. The van der Waals surface area contributed by atoms with Crippen molar-refractivity contribution in [2.75, 3.05) is 0 Å². The van der Waals surface area contributed by atoms with E-state index >= 15 is 0 Å². The number of nitrogens with zero attached hydrogens (tertiary/aromatic N) is 2. The van der Waals surface area contributed by atoms with Gasteiger partial charge in [0.05, 0.1) is 16.7 Å². The van der Waals surface area contributed by atoms with Crippen molar-refractivity contribution in [2.24, 2.45) is 0 Å². The van der Waals surface area contributed by atoms with Crippen LogP contribution in [0.4, 0.5) is 0 Å². The summed E-state index contributed by atoms with van der Waals surface area (Å²) in [6.45, 7) is 4.49. The molecule has 5 rings (SSSR count). The van der Waals surface area contributed by atoms with Crippen molar-refractivity contribution in [3.63, 3.8) is 0 Å². The Labute approximate surface area is 183 Å². The summed E-state index contributed by atoms with van der Waals surface area (Å²) in [4.78, 5) is 10.1. The maximum absolute atomic E-state index is 5.06. The lowest BCUT2D eigenvalue weighted by molar-refractivity contribution is 0.650. The molecule has 0 bridgehead atoms. The highest BCUT2D eigenvalue weighted by molar-refractivity contribution is 6.03. The second-order valence-corrected chi connectivity index (χ2v) is 8.27. The molecule has 1 unspecified atom stereocenters. The zero-order valence-corrected chi connectivity index (χ0v) is 18.0. The zero-order chi connectivity index (χ0) is 21.2. The first-order valence-corrected chi connectivity index (χ1v) is 11.1. The van der Waals surface area contributed by atoms with E-state index in [1.165, 1.54) is 11.1 Å². The third-order valence-corrected chi connectivity index (χ3v) is 6.06. The Kier molecular flexibility index (Phi) is 5.21. The number of pyridine rings is 2. The third-order valence-electron chi connectivity index (χ3n) is 6.06. The lowest BCUT2D eigenvalue weighted by Crippen LogP contribution is -1.98. The minimum Gasteiger partial charge on any atom is -0.250 e. The van der Waals surface area contributed by atoms with E-state index in [0.29, 0.717) is 5.92 Å². The van der Waals surface area contributed by atoms with Gasteiger partial charge in [-0.15, -0.1) is 0 Å². The molecule has 0 N–H and O–H groups in total. The van der Waals surface area contributed by atoms with E-state index in [1.807, 2.05) is 6.07 Å². The van der Waals surface area contributed by atoms with E-state index in [4.69, 9.17) is 9.97 Å². The highest BCUT2D eigenvalue weighted by Gasteiger charge is 2.11. The molecule has 0 amide bonds. The number of hydrogen-bond donors (Lipinski definition) is 0. The Balaban J connectivity index is 1.58. The predicted molar refractivity (Wildman–Crippen MR) is 131 cm³/mol. The monoisotopic (exact) mass is 402 g/mol. The lowest BCUT2D eigenvalue weighted by atomic mass is 10.00. The lowest BCUT2D eigenvalue weighted by Gasteiger charge is -2.12. The van der Waals surface area contributed by atoms with E-state index in [-0.39, 0.29) is 0 Å². The van der Waals surface area contributed by atoms with Crippen LogP contribution in [-0.2, 0) is 0 Å². The maximum Gasteiger partial charge on any atom is 0.0972 e. The molecule has 0 aliphatic heterocycles. The van der Waals surface area contributed by atoms with E-state index in [1.54, 1.807) is 0 Å². The second-order valence-electron chi connectivity index (χ2n) is 8.27. The smallest absolute Gasteiger partial charge is 0.0972 e. The molecule has 1 atom stereocenters. The van der Waals surface area contributed by atoms with Gasteiger partial charge in [0.2, 0.25) is 0 Å². The highest BCUT2D eigenvalue weighted by Crippen LogP contribution is 2.29. The molecule has 2 heteroatoms. The Morgan fingerprint density at radius 3 is 1.90 bits per heavy atom. The molecule has 2 heterocycles. The topological polar surface area (TPSA) is 25.8 Å². The fourth-order valence-corrected chi connectivity index (χ4v) is 4.26. The summed E-state index contributed by atoms with van der Waals surface area (Å²) in [5.41, 5.74) is 7.67. The molecular weight excluding hydrogens is 376 g/mol. The summed E-state index contributed by atoms with van der Waals surface area (Å²) in [5.74, 6) is 0.457. The summed E-state index contributed by atoms with van der Waals surface area (Å²) in [7, 11) is 0. The molecule has 2 nitrogen and oxygen atoms in total. The summed E-state index contributed by atoms with van der Waals surface area (Å²) >= 11 is 0. The average Bonchev–Trinajstić information content (AvgIpc) is 2.84. The predicted octanol–water partition coefficient (Wildman–Crippen LogP) is 8.02. The van der Waals surface area contributed by atoms with Gasteiger partial charge in [-0.3, -0.25) is 4.98 Å². The molecule has 31 heavy (non-hydrogen) atoms. The van der Waals surface area contributed by atoms with Crippen LogP contribution in [0, 0.1) is 0 Å². The third kappa shape index (κ3) is 3.82. The van der Waals surface area contributed by atoms with Gasteiger partial charge in [-0.05, 0) is 35.6 Å². The Morgan fingerprint density at radius 2 is 1.19 bits per heavy atom. The quantitative estimate of drug-likeness (QED) is 0.278. The molecule has 0 radical (unpaired) electrons. The van der Waals surface area contributed by atoms with Crippen LogP contribution in [0.3, 0.4) is 0 Å². The zero-order valence-electron chi connectivity index (χ0n) is 18.0. The van der Waals surface area contributed by atoms with Crippen molar-refractivity contribution < 1.29 is 0 Å². The summed E-state index contributed by atoms with van der Waals surface area (Å²) in [6.07, 6.45) is 2.31. The number of benzene rings is 3. The minimum absolute atomic E-state index is 0.457. The molecular formula is C29H26N2. The van der Waals surface area contributed by atoms with Crippen LogP contribution in [0.1, 0.15) is 38.3 Å². The molecule has 152 valence electrons. The summed E-state index contributed by atoms with van der Waals surface area (Å²) in [6, 6.07) is 32.0. The molecule has 0 saturated heterocycles. The van der Waals surface area contributed by atoms with Crippen molar-refractivity contribution in [1.82, 2.24) is 9.97 Å². The van der Waals surface area contributed by atoms with Crippen molar-refractivity contribution in [3.05, 3.63) is 96.7 Å². The average molecular weight is 403 g/mol. The Hall–Kier alpha value is -3.52. The highest BCUT2D eigenvalue weighted by atomic mass is 14.8. The van der Waals surface area contributed by atoms with Gasteiger partial charge in [0.1, 0.15) is 0 Å². The molecule has 2 aromatic heterocycles. The first-order chi connectivity index (χ1) is 15.2. The maximum atomic E-state index is 5.06. The van der Waals surface area contributed by atoms with Crippen LogP contribution >= 0.6 is 0 Å². The van der Waals surface area contributed by atoms with Crippen molar-refractivity contribution >= 4 is 21.8 Å². The van der Waals surface area contributed by atoms with Crippen LogP contribution in [-0.4, -0.2) is 9.97 Å². The molecule has 0 aliphatic rings. The van der Waals surface area contributed by atoms with Crippen molar-refractivity contribution in [2.45, 2.75) is 32.6 Å². The first-order valence-electron chi connectivity index (χ1n) is 11.1. The fraction of sp³-hybridized carbons (Fsp3) is 0.172. The van der Waals surface area contributed by atoms with Crippen LogP contribution in [0.5, 0.6) is 0 Å². The Morgan fingerprint density at radius 1 is 0.613 bits per heavy atom. The minimum atomic E-state index is 0.457. The number of hydrogen-bond acceptors (Lipinski definition) is 2. The summed E-state index contributed by atoms with van der Waals surface area (Å²) < 4.78 is 0. The van der Waals surface area contributed by atoms with Gasteiger partial charge < -0.3 is 0 Å².